The Hall–Kier alpha value is -3.35. The molecule has 2 heterocycles. The molecule has 1 aromatic heterocycles. The van der Waals surface area contributed by atoms with Crippen molar-refractivity contribution < 1.29 is 9.59 Å². The van der Waals surface area contributed by atoms with Gasteiger partial charge in [-0.2, -0.15) is 15.2 Å². The molecular formula is C17H15N5O2. The van der Waals surface area contributed by atoms with Crippen LogP contribution in [0.1, 0.15) is 17.4 Å². The molecule has 1 atom stereocenters. The number of nitrogens with zero attached hydrogens (tertiary/aromatic N) is 4. The fraction of sp³-hybridized carbons (Fsp3) is 0.118. The number of carbonyl (C=O) groups is 2. The molecule has 2 amide bonds. The average molecular weight is 321 g/mol. The summed E-state index contributed by atoms with van der Waals surface area (Å²) in [4.78, 5) is 28.2. The average Bonchev–Trinajstić information content (AvgIpc) is 2.91. The SMILES string of the molecule is CC1=NN(c2ccccc2)C(=O)C1/C=N/NC(=O)c1ccccn1. The molecule has 24 heavy (non-hydrogen) atoms. The lowest BCUT2D eigenvalue weighted by Gasteiger charge is -2.12. The Bertz CT molecular complexity index is 802. The summed E-state index contributed by atoms with van der Waals surface area (Å²) in [6, 6.07) is 14.1. The molecule has 120 valence electrons. The summed E-state index contributed by atoms with van der Waals surface area (Å²) in [6.45, 7) is 1.75. The second-order valence-corrected chi connectivity index (χ2v) is 5.14. The molecule has 1 aliphatic rings. The van der Waals surface area contributed by atoms with E-state index in [1.54, 1.807) is 37.3 Å². The highest BCUT2D eigenvalue weighted by atomic mass is 16.2. The lowest BCUT2D eigenvalue weighted by Crippen LogP contribution is -2.29. The standard InChI is InChI=1S/C17H15N5O2/c1-12-14(11-19-20-16(23)15-9-5-6-10-18-15)17(24)22(21-12)13-7-3-2-4-8-13/h2-11,14H,1H3,(H,20,23)/b19-11+. The van der Waals surface area contributed by atoms with E-state index in [2.05, 4.69) is 20.6 Å². The van der Waals surface area contributed by atoms with Crippen molar-refractivity contribution in [2.24, 2.45) is 16.1 Å². The third-order valence-electron chi connectivity index (χ3n) is 3.47. The number of pyridine rings is 1. The molecule has 0 saturated carbocycles. The zero-order chi connectivity index (χ0) is 16.9. The third-order valence-corrected chi connectivity index (χ3v) is 3.47. The van der Waals surface area contributed by atoms with Crippen LogP contribution < -0.4 is 10.4 Å². The summed E-state index contributed by atoms with van der Waals surface area (Å²) < 4.78 is 0. The van der Waals surface area contributed by atoms with Crippen LogP contribution >= 0.6 is 0 Å². The van der Waals surface area contributed by atoms with Crippen LogP contribution in [0.5, 0.6) is 0 Å². The summed E-state index contributed by atoms with van der Waals surface area (Å²) in [5.41, 5.74) is 3.92. The van der Waals surface area contributed by atoms with Crippen LogP contribution in [0.2, 0.25) is 0 Å². The smallest absolute Gasteiger partial charge is 0.271 e. The monoisotopic (exact) mass is 321 g/mol. The van der Waals surface area contributed by atoms with Gasteiger partial charge in [-0.3, -0.25) is 14.6 Å². The molecule has 2 aromatic rings. The number of rotatable bonds is 4. The van der Waals surface area contributed by atoms with E-state index in [-0.39, 0.29) is 11.6 Å². The van der Waals surface area contributed by atoms with Crippen molar-refractivity contribution in [3.05, 3.63) is 60.4 Å². The van der Waals surface area contributed by atoms with Gasteiger partial charge in [0.1, 0.15) is 11.6 Å². The maximum atomic E-state index is 12.5. The Morgan fingerprint density at radius 2 is 1.96 bits per heavy atom. The maximum Gasteiger partial charge on any atom is 0.289 e. The first-order valence-electron chi connectivity index (χ1n) is 7.35. The highest BCUT2D eigenvalue weighted by molar-refractivity contribution is 6.23. The molecule has 0 aliphatic carbocycles. The molecule has 0 radical (unpaired) electrons. The highest BCUT2D eigenvalue weighted by Crippen LogP contribution is 2.22. The van der Waals surface area contributed by atoms with E-state index in [4.69, 9.17) is 0 Å². The van der Waals surface area contributed by atoms with Crippen LogP contribution in [0.4, 0.5) is 5.69 Å². The minimum absolute atomic E-state index is 0.213. The molecule has 0 fully saturated rings. The Balaban J connectivity index is 1.67. The Morgan fingerprint density at radius 1 is 1.21 bits per heavy atom. The Kier molecular flexibility index (Phi) is 4.42. The van der Waals surface area contributed by atoms with Crippen molar-refractivity contribution in [2.45, 2.75) is 6.92 Å². The van der Waals surface area contributed by atoms with E-state index in [9.17, 15) is 9.59 Å². The minimum Gasteiger partial charge on any atom is -0.271 e. The predicted molar refractivity (Wildman–Crippen MR) is 90.7 cm³/mol. The van der Waals surface area contributed by atoms with E-state index in [1.165, 1.54) is 17.4 Å². The Labute approximate surface area is 138 Å². The van der Waals surface area contributed by atoms with Crippen molar-refractivity contribution in [2.75, 3.05) is 5.01 Å². The molecule has 1 aliphatic heterocycles. The van der Waals surface area contributed by atoms with Gasteiger partial charge in [0.05, 0.1) is 11.4 Å². The summed E-state index contributed by atoms with van der Waals surface area (Å²) >= 11 is 0. The molecule has 1 aromatic carbocycles. The zero-order valence-electron chi connectivity index (χ0n) is 13.0. The van der Waals surface area contributed by atoms with Gasteiger partial charge in [0, 0.05) is 12.4 Å². The molecule has 7 heteroatoms. The first-order valence-corrected chi connectivity index (χ1v) is 7.35. The summed E-state index contributed by atoms with van der Waals surface area (Å²) in [5.74, 6) is -1.25. The second-order valence-electron chi connectivity index (χ2n) is 5.14. The van der Waals surface area contributed by atoms with Crippen LogP contribution in [0.25, 0.3) is 0 Å². The van der Waals surface area contributed by atoms with Crippen LogP contribution in [-0.2, 0) is 4.79 Å². The first kappa shape index (κ1) is 15.5. The van der Waals surface area contributed by atoms with Gasteiger partial charge in [0.25, 0.3) is 11.8 Å². The van der Waals surface area contributed by atoms with Crippen LogP contribution in [0, 0.1) is 5.92 Å². The first-order chi connectivity index (χ1) is 11.7. The van der Waals surface area contributed by atoms with Crippen molar-refractivity contribution >= 4 is 29.4 Å². The molecule has 0 saturated heterocycles. The fourth-order valence-electron chi connectivity index (χ4n) is 2.23. The van der Waals surface area contributed by atoms with Crippen LogP contribution in [0.3, 0.4) is 0 Å². The molecule has 1 N–H and O–H groups in total. The van der Waals surface area contributed by atoms with Crippen molar-refractivity contribution in [3.63, 3.8) is 0 Å². The number of nitrogens with one attached hydrogen (secondary N) is 1. The zero-order valence-corrected chi connectivity index (χ0v) is 13.0. The molecule has 7 nitrogen and oxygen atoms in total. The second kappa shape index (κ2) is 6.82. The van der Waals surface area contributed by atoms with Crippen molar-refractivity contribution in [1.29, 1.82) is 0 Å². The van der Waals surface area contributed by atoms with E-state index < -0.39 is 11.8 Å². The maximum absolute atomic E-state index is 12.5. The number of amides is 2. The van der Waals surface area contributed by atoms with Gasteiger partial charge in [-0.15, -0.1) is 0 Å². The predicted octanol–water partition coefficient (Wildman–Crippen LogP) is 1.84. The normalized spacial score (nSPS) is 17.2. The number of hydrazone groups is 2. The van der Waals surface area contributed by atoms with Gasteiger partial charge in [-0.25, -0.2) is 5.43 Å². The third kappa shape index (κ3) is 3.19. The van der Waals surface area contributed by atoms with Crippen LogP contribution in [0.15, 0.2) is 64.9 Å². The lowest BCUT2D eigenvalue weighted by atomic mass is 10.1. The number of hydrogen-bond acceptors (Lipinski definition) is 5. The molecular weight excluding hydrogens is 306 g/mol. The molecule has 1 unspecified atom stereocenters. The van der Waals surface area contributed by atoms with Gasteiger partial charge in [-0.1, -0.05) is 24.3 Å². The number of hydrogen-bond donors (Lipinski definition) is 1. The lowest BCUT2D eigenvalue weighted by molar-refractivity contribution is -0.118. The summed E-state index contributed by atoms with van der Waals surface area (Å²) in [7, 11) is 0. The number of anilines is 1. The van der Waals surface area contributed by atoms with Crippen LogP contribution in [-0.4, -0.2) is 28.7 Å². The van der Waals surface area contributed by atoms with Crippen molar-refractivity contribution in [1.82, 2.24) is 10.4 Å². The molecule has 0 spiro atoms. The minimum atomic E-state index is -0.603. The summed E-state index contributed by atoms with van der Waals surface area (Å²) in [6.07, 6.45) is 2.90. The molecule has 0 bridgehead atoms. The Morgan fingerprint density at radius 3 is 2.67 bits per heavy atom. The number of benzene rings is 1. The number of para-hydroxylation sites is 1. The summed E-state index contributed by atoms with van der Waals surface area (Å²) in [5, 5.41) is 9.47. The highest BCUT2D eigenvalue weighted by Gasteiger charge is 2.33. The van der Waals surface area contributed by atoms with E-state index >= 15 is 0 Å². The van der Waals surface area contributed by atoms with E-state index in [0.29, 0.717) is 11.4 Å². The van der Waals surface area contributed by atoms with E-state index in [1.807, 2.05) is 18.2 Å². The topological polar surface area (TPSA) is 87.0 Å². The van der Waals surface area contributed by atoms with Gasteiger partial charge in [-0.05, 0) is 31.2 Å². The van der Waals surface area contributed by atoms with Gasteiger partial charge in [0.2, 0.25) is 0 Å². The quantitative estimate of drug-likeness (QED) is 0.688. The van der Waals surface area contributed by atoms with Gasteiger partial charge < -0.3 is 0 Å². The number of carbonyl (C=O) groups excluding carboxylic acids is 2. The van der Waals surface area contributed by atoms with Crippen molar-refractivity contribution in [3.8, 4) is 0 Å². The van der Waals surface area contributed by atoms with Gasteiger partial charge >= 0.3 is 0 Å². The largest absolute Gasteiger partial charge is 0.289 e. The molecule has 3 rings (SSSR count). The van der Waals surface area contributed by atoms with E-state index in [0.717, 1.165) is 0 Å². The fourth-order valence-corrected chi connectivity index (χ4v) is 2.23. The van der Waals surface area contributed by atoms with Gasteiger partial charge in [0.15, 0.2) is 0 Å². The number of aromatic nitrogens is 1.